The molecule has 17 heavy (non-hydrogen) atoms. The monoisotopic (exact) mass is 236 g/mol. The quantitative estimate of drug-likeness (QED) is 0.824. The van der Waals surface area contributed by atoms with Gasteiger partial charge in [0.15, 0.2) is 0 Å². The lowest BCUT2D eigenvalue weighted by atomic mass is 10.0. The van der Waals surface area contributed by atoms with Crippen LogP contribution in [0.25, 0.3) is 0 Å². The summed E-state index contributed by atoms with van der Waals surface area (Å²) < 4.78 is 5.57. The SMILES string of the molecule is CC1(CNC(=O)c2ccncc2O)CCCO1. The maximum Gasteiger partial charge on any atom is 0.255 e. The Kier molecular flexibility index (Phi) is 3.28. The van der Waals surface area contributed by atoms with Gasteiger partial charge in [-0.1, -0.05) is 0 Å². The lowest BCUT2D eigenvalue weighted by Gasteiger charge is -2.23. The number of amides is 1. The highest BCUT2D eigenvalue weighted by Gasteiger charge is 2.30. The Morgan fingerprint density at radius 1 is 1.71 bits per heavy atom. The third-order valence-electron chi connectivity index (χ3n) is 2.97. The molecule has 2 rings (SSSR count). The number of hydrogen-bond acceptors (Lipinski definition) is 4. The molecule has 0 aromatic carbocycles. The molecule has 1 aliphatic heterocycles. The molecule has 1 aromatic heterocycles. The maximum atomic E-state index is 11.8. The fraction of sp³-hybridized carbons (Fsp3) is 0.500. The van der Waals surface area contributed by atoms with E-state index in [4.69, 9.17) is 4.74 Å². The molecule has 1 atom stereocenters. The number of rotatable bonds is 3. The van der Waals surface area contributed by atoms with Crippen LogP contribution < -0.4 is 5.32 Å². The Hall–Kier alpha value is -1.62. The minimum absolute atomic E-state index is 0.109. The first-order chi connectivity index (χ1) is 8.11. The third-order valence-corrected chi connectivity index (χ3v) is 2.97. The van der Waals surface area contributed by atoms with Gasteiger partial charge < -0.3 is 15.2 Å². The number of carbonyl (C=O) groups is 1. The lowest BCUT2D eigenvalue weighted by Crippen LogP contribution is -2.40. The van der Waals surface area contributed by atoms with Crippen molar-refractivity contribution >= 4 is 5.91 Å². The molecule has 5 heteroatoms. The zero-order chi connectivity index (χ0) is 12.3. The summed E-state index contributed by atoms with van der Waals surface area (Å²) in [6.45, 7) is 3.17. The van der Waals surface area contributed by atoms with Crippen LogP contribution in [-0.4, -0.2) is 34.8 Å². The summed E-state index contributed by atoms with van der Waals surface area (Å²) in [6.07, 6.45) is 4.69. The van der Waals surface area contributed by atoms with Crippen molar-refractivity contribution < 1.29 is 14.6 Å². The van der Waals surface area contributed by atoms with Gasteiger partial charge in [-0.3, -0.25) is 9.78 Å². The average Bonchev–Trinajstić information content (AvgIpc) is 2.74. The van der Waals surface area contributed by atoms with Crippen molar-refractivity contribution in [1.29, 1.82) is 0 Å². The Bertz CT molecular complexity index is 414. The second-order valence-corrected chi connectivity index (χ2v) is 4.48. The largest absolute Gasteiger partial charge is 0.505 e. The molecule has 0 radical (unpaired) electrons. The number of aromatic nitrogens is 1. The van der Waals surface area contributed by atoms with E-state index < -0.39 is 0 Å². The number of hydrogen-bond donors (Lipinski definition) is 2. The van der Waals surface area contributed by atoms with Crippen LogP contribution in [0, 0.1) is 0 Å². The van der Waals surface area contributed by atoms with Crippen LogP contribution in [0.4, 0.5) is 0 Å². The summed E-state index contributed by atoms with van der Waals surface area (Å²) in [6, 6.07) is 1.49. The van der Waals surface area contributed by atoms with Crippen molar-refractivity contribution in [2.75, 3.05) is 13.2 Å². The molecule has 1 fully saturated rings. The molecule has 0 spiro atoms. The molecule has 92 valence electrons. The molecule has 2 heterocycles. The van der Waals surface area contributed by atoms with E-state index in [1.54, 1.807) is 0 Å². The van der Waals surface area contributed by atoms with E-state index in [2.05, 4.69) is 10.3 Å². The summed E-state index contributed by atoms with van der Waals surface area (Å²) >= 11 is 0. The Morgan fingerprint density at radius 3 is 3.18 bits per heavy atom. The first-order valence-electron chi connectivity index (χ1n) is 5.66. The molecule has 0 aliphatic carbocycles. The topological polar surface area (TPSA) is 71.5 Å². The summed E-state index contributed by atoms with van der Waals surface area (Å²) in [7, 11) is 0. The van der Waals surface area contributed by atoms with Crippen molar-refractivity contribution in [2.24, 2.45) is 0 Å². The lowest BCUT2D eigenvalue weighted by molar-refractivity contribution is 0.0205. The van der Waals surface area contributed by atoms with Crippen LogP contribution in [0.1, 0.15) is 30.1 Å². The molecule has 0 bridgehead atoms. The van der Waals surface area contributed by atoms with Crippen molar-refractivity contribution in [3.63, 3.8) is 0 Å². The number of carbonyl (C=O) groups excluding carboxylic acids is 1. The van der Waals surface area contributed by atoms with Gasteiger partial charge in [-0.2, -0.15) is 0 Å². The molecule has 2 N–H and O–H groups in total. The zero-order valence-corrected chi connectivity index (χ0v) is 9.77. The van der Waals surface area contributed by atoms with Crippen LogP contribution in [0.2, 0.25) is 0 Å². The summed E-state index contributed by atoms with van der Waals surface area (Å²) in [4.78, 5) is 15.5. The van der Waals surface area contributed by atoms with Gasteiger partial charge in [-0.15, -0.1) is 0 Å². The van der Waals surface area contributed by atoms with Crippen LogP contribution in [-0.2, 0) is 4.74 Å². The minimum Gasteiger partial charge on any atom is -0.505 e. The van der Waals surface area contributed by atoms with Crippen LogP contribution in [0.15, 0.2) is 18.5 Å². The van der Waals surface area contributed by atoms with Gasteiger partial charge in [0, 0.05) is 19.3 Å². The van der Waals surface area contributed by atoms with Crippen molar-refractivity contribution in [3.05, 3.63) is 24.0 Å². The zero-order valence-electron chi connectivity index (χ0n) is 9.77. The highest BCUT2D eigenvalue weighted by molar-refractivity contribution is 5.96. The van der Waals surface area contributed by atoms with E-state index >= 15 is 0 Å². The average molecular weight is 236 g/mol. The fourth-order valence-corrected chi connectivity index (χ4v) is 1.92. The van der Waals surface area contributed by atoms with Crippen LogP contribution in [0.3, 0.4) is 0 Å². The van der Waals surface area contributed by atoms with Gasteiger partial charge >= 0.3 is 0 Å². The first-order valence-corrected chi connectivity index (χ1v) is 5.66. The summed E-state index contributed by atoms with van der Waals surface area (Å²) in [5.74, 6) is -0.413. The molecular weight excluding hydrogens is 220 g/mol. The van der Waals surface area contributed by atoms with Gasteiger partial charge in [-0.05, 0) is 25.8 Å². The number of nitrogens with one attached hydrogen (secondary N) is 1. The Balaban J connectivity index is 1.96. The van der Waals surface area contributed by atoms with Crippen LogP contribution in [0.5, 0.6) is 5.75 Å². The highest BCUT2D eigenvalue weighted by atomic mass is 16.5. The Labute approximate surface area is 99.8 Å². The van der Waals surface area contributed by atoms with E-state index in [0.717, 1.165) is 19.4 Å². The number of aromatic hydroxyl groups is 1. The molecule has 1 unspecified atom stereocenters. The summed E-state index contributed by atoms with van der Waals surface area (Å²) in [5.41, 5.74) is -0.0419. The molecule has 5 nitrogen and oxygen atoms in total. The van der Waals surface area contributed by atoms with E-state index in [1.807, 2.05) is 6.92 Å². The second-order valence-electron chi connectivity index (χ2n) is 4.48. The van der Waals surface area contributed by atoms with Crippen molar-refractivity contribution in [2.45, 2.75) is 25.4 Å². The van der Waals surface area contributed by atoms with E-state index in [1.165, 1.54) is 18.5 Å². The van der Waals surface area contributed by atoms with Gasteiger partial charge in [0.25, 0.3) is 5.91 Å². The van der Waals surface area contributed by atoms with Gasteiger partial charge in [0.2, 0.25) is 0 Å². The van der Waals surface area contributed by atoms with Crippen molar-refractivity contribution in [1.82, 2.24) is 10.3 Å². The van der Waals surface area contributed by atoms with Crippen LogP contribution >= 0.6 is 0 Å². The molecule has 1 aliphatic rings. The normalized spacial score (nSPS) is 23.6. The van der Waals surface area contributed by atoms with Gasteiger partial charge in [0.1, 0.15) is 5.75 Å². The number of pyridine rings is 1. The number of nitrogens with zero attached hydrogens (tertiary/aromatic N) is 1. The van der Waals surface area contributed by atoms with E-state index in [0.29, 0.717) is 6.54 Å². The molecule has 1 saturated heterocycles. The third kappa shape index (κ3) is 2.74. The van der Waals surface area contributed by atoms with Gasteiger partial charge in [0.05, 0.1) is 17.4 Å². The molecule has 1 amide bonds. The van der Waals surface area contributed by atoms with Gasteiger partial charge in [-0.25, -0.2) is 0 Å². The number of ether oxygens (including phenoxy) is 1. The predicted molar refractivity (Wildman–Crippen MR) is 61.8 cm³/mol. The fourth-order valence-electron chi connectivity index (χ4n) is 1.92. The predicted octanol–water partition coefficient (Wildman–Crippen LogP) is 1.09. The molecule has 1 aromatic rings. The second kappa shape index (κ2) is 4.71. The molecular formula is C12H16N2O3. The highest BCUT2D eigenvalue weighted by Crippen LogP contribution is 2.24. The standard InChI is InChI=1S/C12H16N2O3/c1-12(4-2-6-17-12)8-14-11(16)9-3-5-13-7-10(9)15/h3,5,7,15H,2,4,6,8H2,1H3,(H,14,16). The van der Waals surface area contributed by atoms with E-state index in [9.17, 15) is 9.90 Å². The smallest absolute Gasteiger partial charge is 0.255 e. The minimum atomic E-state index is -0.304. The maximum absolute atomic E-state index is 11.8. The molecule has 0 saturated carbocycles. The van der Waals surface area contributed by atoms with Crippen molar-refractivity contribution in [3.8, 4) is 5.75 Å². The van der Waals surface area contributed by atoms with E-state index in [-0.39, 0.29) is 22.8 Å². The first kappa shape index (κ1) is 11.9. The Morgan fingerprint density at radius 2 is 2.53 bits per heavy atom. The summed E-state index contributed by atoms with van der Waals surface area (Å²) in [5, 5.41) is 12.3.